The second-order valence-corrected chi connectivity index (χ2v) is 9.60. The third-order valence-electron chi connectivity index (χ3n) is 6.22. The van der Waals surface area contributed by atoms with Gasteiger partial charge in [0, 0.05) is 44.4 Å². The number of halogens is 1. The normalized spacial score (nSPS) is 14.7. The van der Waals surface area contributed by atoms with Crippen LogP contribution in [0.1, 0.15) is 45.6 Å². The number of rotatable bonds is 5. The number of carbonyl (C=O) groups is 1. The minimum Gasteiger partial charge on any atom is -0.426 e. The molecule has 0 spiro atoms. The van der Waals surface area contributed by atoms with Crippen LogP contribution in [0.4, 0.5) is 21.0 Å². The zero-order chi connectivity index (χ0) is 27.3. The monoisotopic (exact) mass is 566 g/mol. The van der Waals surface area contributed by atoms with Gasteiger partial charge in [-0.25, -0.2) is 14.2 Å². The van der Waals surface area contributed by atoms with Gasteiger partial charge in [0.15, 0.2) is 0 Å². The van der Waals surface area contributed by atoms with Crippen molar-refractivity contribution >= 4 is 40.1 Å². The zero-order valence-electron chi connectivity index (χ0n) is 23.0. The molecule has 1 aliphatic heterocycles. The van der Waals surface area contributed by atoms with Crippen LogP contribution in [0.2, 0.25) is 0 Å². The number of amides is 1. The van der Waals surface area contributed by atoms with E-state index in [1.54, 1.807) is 39.4 Å². The molecule has 0 unspecified atom stereocenters. The van der Waals surface area contributed by atoms with E-state index in [0.717, 1.165) is 24.0 Å². The van der Waals surface area contributed by atoms with Gasteiger partial charge in [0.1, 0.15) is 17.5 Å². The Morgan fingerprint density at radius 2 is 2.00 bits per heavy atom. The Hall–Kier alpha value is -1.96. The van der Waals surface area contributed by atoms with E-state index < -0.39 is 0 Å². The summed E-state index contributed by atoms with van der Waals surface area (Å²) in [5.74, 6) is -0.0107. The van der Waals surface area contributed by atoms with E-state index in [9.17, 15) is 18.8 Å². The molecule has 198 valence electrons. The summed E-state index contributed by atoms with van der Waals surface area (Å²) in [6.07, 6.45) is 4.11. The van der Waals surface area contributed by atoms with Gasteiger partial charge in [0.25, 0.3) is 5.56 Å². The number of carbonyl (C=O) groups excluding carboxylic acids is 1. The molecule has 1 aromatic carbocycles. The Balaban J connectivity index is 0.000000292. The first-order valence-electron chi connectivity index (χ1n) is 12.1. The molecule has 0 N–H and O–H groups in total. The van der Waals surface area contributed by atoms with E-state index in [1.807, 2.05) is 12.1 Å². The average Bonchev–Trinajstić information content (AvgIpc) is 3.53. The molecule has 2 aromatic heterocycles. The van der Waals surface area contributed by atoms with Gasteiger partial charge in [-0.2, -0.15) is 11.3 Å². The summed E-state index contributed by atoms with van der Waals surface area (Å²) < 4.78 is 16.9. The second kappa shape index (κ2) is 14.4. The van der Waals surface area contributed by atoms with Crippen LogP contribution in [-0.2, 0) is 18.9 Å². The van der Waals surface area contributed by atoms with Gasteiger partial charge in [0.05, 0.1) is 11.3 Å². The van der Waals surface area contributed by atoms with Crippen LogP contribution in [0, 0.1) is 12.7 Å². The van der Waals surface area contributed by atoms with Crippen LogP contribution in [-0.4, -0.2) is 38.8 Å². The third-order valence-corrected chi connectivity index (χ3v) is 6.96. The molecule has 0 aliphatic carbocycles. The molecule has 4 rings (SSSR count). The van der Waals surface area contributed by atoms with Crippen molar-refractivity contribution < 1.29 is 60.6 Å². The van der Waals surface area contributed by atoms with E-state index >= 15 is 0 Å². The molecule has 9 nitrogen and oxygen atoms in total. The number of aliphatic imine (C=N–C) groups is 1. The molecule has 12 heteroatoms. The Morgan fingerprint density at radius 3 is 2.58 bits per heavy atom. The van der Waals surface area contributed by atoms with Gasteiger partial charge in [0.2, 0.25) is 0 Å². The van der Waals surface area contributed by atoms with Crippen molar-refractivity contribution in [2.24, 2.45) is 19.1 Å². The largest absolute Gasteiger partial charge is 1.00 e. The molecule has 38 heavy (non-hydrogen) atoms. The number of thiazole rings is 1. The molecule has 1 atom stereocenters. The molecule has 0 bridgehead atoms. The quantitative estimate of drug-likeness (QED) is 0.347. The van der Waals surface area contributed by atoms with Gasteiger partial charge in [-0.1, -0.05) is 13.0 Å². The molecule has 0 radical (unpaired) electrons. The molecule has 3 aromatic rings. The number of hydrogen-bond donors (Lipinski definition) is 0. The first-order chi connectivity index (χ1) is 17.6. The standard InChI is InChI=1S/C17H20FN3OS.C9H13N3O2.K/c1-3-16(22)20-17-19-14(10-23-17)12-6-7-15(13(18)9-12)21-8-4-5-11(21)2;1-5-10-7-6(2)8(13)12(4)9(14)11(7)3;/h6-7,9-11H,3-5,8H2,1-2H3,(H,19,20,22);5H,1-4H3;/q;;+1/p-1/b;10-5-;/t11-;;/m0../s1. The van der Waals surface area contributed by atoms with Crippen LogP contribution >= 0.6 is 11.3 Å². The van der Waals surface area contributed by atoms with Crippen LogP contribution in [0.25, 0.3) is 16.6 Å². The van der Waals surface area contributed by atoms with Crippen molar-refractivity contribution in [3.63, 3.8) is 0 Å². The van der Waals surface area contributed by atoms with Crippen molar-refractivity contribution in [2.45, 2.75) is 53.0 Å². The number of benzene rings is 1. The van der Waals surface area contributed by atoms with E-state index in [4.69, 9.17) is 0 Å². The van der Waals surface area contributed by atoms with Gasteiger partial charge in [-0.05, 0) is 62.4 Å². The van der Waals surface area contributed by atoms with Crippen molar-refractivity contribution in [3.8, 4) is 11.3 Å². The van der Waals surface area contributed by atoms with Crippen LogP contribution in [0.3, 0.4) is 0 Å². The topological polar surface area (TPSA) is 104 Å². The predicted molar refractivity (Wildman–Crippen MR) is 147 cm³/mol. The summed E-state index contributed by atoms with van der Waals surface area (Å²) in [6.45, 7) is 8.18. The second-order valence-electron chi connectivity index (χ2n) is 8.77. The molecular weight excluding hydrogens is 534 g/mol. The number of aromatic nitrogens is 3. The molecule has 1 fully saturated rings. The SMILES string of the molecule is C/C=N\c1c(C)c(=O)n(C)c(=O)n1C.CCC(=O)[N-]c1nc(-c2ccc(N3CCC[C@@H]3C)c(F)c2)cs1.[K+]. The van der Waals surface area contributed by atoms with Gasteiger partial charge >= 0.3 is 57.1 Å². The Morgan fingerprint density at radius 1 is 1.29 bits per heavy atom. The van der Waals surface area contributed by atoms with Gasteiger partial charge in [-0.3, -0.25) is 18.7 Å². The van der Waals surface area contributed by atoms with E-state index in [2.05, 4.69) is 27.1 Å². The van der Waals surface area contributed by atoms with Crippen molar-refractivity contribution in [1.29, 1.82) is 0 Å². The summed E-state index contributed by atoms with van der Waals surface area (Å²) in [4.78, 5) is 44.7. The number of anilines is 1. The summed E-state index contributed by atoms with van der Waals surface area (Å²) in [5.41, 5.74) is 1.83. The molecule has 1 aliphatic rings. The fraction of sp³-hybridized carbons (Fsp3) is 0.423. The summed E-state index contributed by atoms with van der Waals surface area (Å²) >= 11 is 1.29. The van der Waals surface area contributed by atoms with Crippen LogP contribution in [0.15, 0.2) is 38.2 Å². The maximum absolute atomic E-state index is 14.5. The van der Waals surface area contributed by atoms with Crippen molar-refractivity contribution in [2.75, 3.05) is 11.4 Å². The minimum atomic E-state index is -0.360. The molecular formula is C26H32FKN6O3S. The average molecular weight is 567 g/mol. The van der Waals surface area contributed by atoms with Crippen molar-refractivity contribution in [3.05, 3.63) is 61.1 Å². The molecule has 1 saturated heterocycles. The Labute approximate surface area is 268 Å². The van der Waals surface area contributed by atoms with E-state index in [0.29, 0.717) is 45.9 Å². The predicted octanol–water partition coefficient (Wildman–Crippen LogP) is 2.00. The Kier molecular flexibility index (Phi) is 12.2. The molecule has 3 heterocycles. The smallest absolute Gasteiger partial charge is 0.426 e. The number of nitrogens with zero attached hydrogens (tertiary/aromatic N) is 6. The maximum atomic E-state index is 14.5. The molecule has 1 amide bonds. The summed E-state index contributed by atoms with van der Waals surface area (Å²) in [5, 5.41) is 6.12. The summed E-state index contributed by atoms with van der Waals surface area (Å²) in [6, 6.07) is 5.59. The zero-order valence-corrected chi connectivity index (χ0v) is 26.9. The first kappa shape index (κ1) is 32.2. The maximum Gasteiger partial charge on any atom is 1.00 e. The Bertz CT molecular complexity index is 1390. The van der Waals surface area contributed by atoms with Gasteiger partial charge < -0.3 is 15.2 Å². The van der Waals surface area contributed by atoms with Crippen molar-refractivity contribution in [1.82, 2.24) is 14.1 Å². The summed E-state index contributed by atoms with van der Waals surface area (Å²) in [7, 11) is 3.05. The van der Waals surface area contributed by atoms with Gasteiger partial charge in [-0.15, -0.1) is 0 Å². The number of hydrogen-bond acceptors (Lipinski definition) is 7. The van der Waals surface area contributed by atoms with Crippen LogP contribution in [0.5, 0.6) is 0 Å². The first-order valence-corrected chi connectivity index (χ1v) is 13.0. The molecule has 0 saturated carbocycles. The fourth-order valence-corrected chi connectivity index (χ4v) is 4.84. The third kappa shape index (κ3) is 7.36. The van der Waals surface area contributed by atoms with E-state index in [1.165, 1.54) is 29.0 Å². The fourth-order valence-electron chi connectivity index (χ4n) is 4.13. The van der Waals surface area contributed by atoms with E-state index in [-0.39, 0.29) is 74.4 Å². The van der Waals surface area contributed by atoms with Crippen LogP contribution < -0.4 is 67.5 Å². The minimum absolute atomic E-state index is 0.